The number of carbonyl (C=O) groups is 1. The van der Waals surface area contributed by atoms with E-state index < -0.39 is 5.82 Å². The molecule has 7 nitrogen and oxygen atoms in total. The quantitative estimate of drug-likeness (QED) is 0.509. The van der Waals surface area contributed by atoms with Gasteiger partial charge in [-0.15, -0.1) is 0 Å². The third-order valence-electron chi connectivity index (χ3n) is 4.62. The molecule has 0 aliphatic heterocycles. The molecule has 0 N–H and O–H groups in total. The summed E-state index contributed by atoms with van der Waals surface area (Å²) in [4.78, 5) is 19.0. The van der Waals surface area contributed by atoms with Crippen LogP contribution in [0.1, 0.15) is 30.1 Å². The number of benzene rings is 2. The summed E-state index contributed by atoms with van der Waals surface area (Å²) in [5, 5.41) is 4.04. The maximum atomic E-state index is 13.6. The van der Waals surface area contributed by atoms with Gasteiger partial charge in [-0.2, -0.15) is 4.98 Å². The number of aromatic nitrogens is 2. The highest BCUT2D eigenvalue weighted by atomic mass is 19.1. The predicted octanol–water partition coefficient (Wildman–Crippen LogP) is 4.23. The lowest BCUT2D eigenvalue weighted by molar-refractivity contribution is 0.0734. The number of amides is 1. The van der Waals surface area contributed by atoms with Crippen LogP contribution in [-0.2, 0) is 6.42 Å². The number of methoxy groups -OCH3 is 2. The molecule has 0 fully saturated rings. The van der Waals surface area contributed by atoms with Gasteiger partial charge < -0.3 is 18.9 Å². The summed E-state index contributed by atoms with van der Waals surface area (Å²) in [5.74, 6) is 1.61. The minimum Gasteiger partial charge on any atom is -0.497 e. The van der Waals surface area contributed by atoms with Crippen molar-refractivity contribution in [3.63, 3.8) is 0 Å². The third-order valence-corrected chi connectivity index (χ3v) is 4.62. The van der Waals surface area contributed by atoms with Crippen LogP contribution in [0.25, 0.3) is 11.4 Å². The molecule has 0 unspecified atom stereocenters. The summed E-state index contributed by atoms with van der Waals surface area (Å²) >= 11 is 0. The molecule has 1 heterocycles. The van der Waals surface area contributed by atoms with Crippen LogP contribution in [0.4, 0.5) is 4.39 Å². The van der Waals surface area contributed by atoms with Gasteiger partial charge in [0.1, 0.15) is 17.3 Å². The minimum absolute atomic E-state index is 0.231. The lowest BCUT2D eigenvalue weighted by atomic mass is 10.1. The fraction of sp³-hybridized carbons (Fsp3) is 0.348. The fourth-order valence-electron chi connectivity index (χ4n) is 3.16. The Bertz CT molecular complexity index is 1010. The lowest BCUT2D eigenvalue weighted by Crippen LogP contribution is -2.36. The second-order valence-electron chi connectivity index (χ2n) is 7.52. The average Bonchev–Trinajstić information content (AvgIpc) is 3.24. The van der Waals surface area contributed by atoms with E-state index in [2.05, 4.69) is 10.1 Å². The van der Waals surface area contributed by atoms with Gasteiger partial charge in [-0.1, -0.05) is 25.1 Å². The first-order valence-electron chi connectivity index (χ1n) is 10.0. The lowest BCUT2D eigenvalue weighted by Gasteiger charge is -2.24. The average molecular weight is 427 g/mol. The Kier molecular flexibility index (Phi) is 7.23. The van der Waals surface area contributed by atoms with Gasteiger partial charge in [0.05, 0.1) is 14.2 Å². The molecule has 0 spiro atoms. The van der Waals surface area contributed by atoms with Crippen LogP contribution in [0.5, 0.6) is 11.5 Å². The fourth-order valence-corrected chi connectivity index (χ4v) is 3.16. The highest BCUT2D eigenvalue weighted by Crippen LogP contribution is 2.28. The molecule has 31 heavy (non-hydrogen) atoms. The molecule has 0 saturated carbocycles. The first-order valence-corrected chi connectivity index (χ1v) is 10.0. The molecule has 0 radical (unpaired) electrons. The van der Waals surface area contributed by atoms with Gasteiger partial charge >= 0.3 is 0 Å². The van der Waals surface area contributed by atoms with Crippen molar-refractivity contribution in [2.24, 2.45) is 5.92 Å². The molecule has 1 aromatic heterocycles. The van der Waals surface area contributed by atoms with Gasteiger partial charge in [0.2, 0.25) is 11.7 Å². The molecule has 8 heteroatoms. The van der Waals surface area contributed by atoms with E-state index in [4.69, 9.17) is 14.0 Å². The normalized spacial score (nSPS) is 10.9. The molecule has 3 rings (SSSR count). The van der Waals surface area contributed by atoms with E-state index in [9.17, 15) is 9.18 Å². The Morgan fingerprint density at radius 1 is 1.13 bits per heavy atom. The molecule has 3 aromatic rings. The van der Waals surface area contributed by atoms with Crippen LogP contribution in [0.15, 0.2) is 47.0 Å². The van der Waals surface area contributed by atoms with Crippen LogP contribution in [0, 0.1) is 11.7 Å². The minimum atomic E-state index is -0.439. The van der Waals surface area contributed by atoms with Gasteiger partial charge in [-0.3, -0.25) is 4.79 Å². The van der Waals surface area contributed by atoms with Crippen molar-refractivity contribution in [1.29, 1.82) is 0 Å². The van der Waals surface area contributed by atoms with Crippen molar-refractivity contribution in [3.05, 3.63) is 59.7 Å². The Balaban J connectivity index is 1.74. The van der Waals surface area contributed by atoms with E-state index in [1.54, 1.807) is 43.4 Å². The molecule has 164 valence electrons. The smallest absolute Gasteiger partial charge is 0.253 e. The van der Waals surface area contributed by atoms with Crippen LogP contribution >= 0.6 is 0 Å². The van der Waals surface area contributed by atoms with Gasteiger partial charge in [0.25, 0.3) is 5.91 Å². The Hall–Kier alpha value is -3.42. The molecular formula is C23H26FN3O4. The van der Waals surface area contributed by atoms with Crippen LogP contribution in [0.3, 0.4) is 0 Å². The van der Waals surface area contributed by atoms with Gasteiger partial charge in [-0.25, -0.2) is 4.39 Å². The number of rotatable bonds is 9. The molecule has 2 aromatic carbocycles. The Labute approximate surface area is 180 Å². The molecule has 0 bridgehead atoms. The number of hydrogen-bond acceptors (Lipinski definition) is 6. The molecular weight excluding hydrogens is 401 g/mol. The topological polar surface area (TPSA) is 77.7 Å². The second-order valence-corrected chi connectivity index (χ2v) is 7.52. The SMILES string of the molecule is COc1cc(OC)cc(-c2noc(CCN(CC(C)C)C(=O)c3cccc(F)c3)n2)c1. The van der Waals surface area contributed by atoms with Gasteiger partial charge in [0, 0.05) is 36.7 Å². The standard InChI is InChI=1S/C23H26FN3O4/c1-15(2)14-27(23(28)16-6-5-7-18(24)10-16)9-8-21-25-22(26-31-21)17-11-19(29-3)13-20(12-17)30-4/h5-7,10-13,15H,8-9,14H2,1-4H3. The predicted molar refractivity (Wildman–Crippen MR) is 114 cm³/mol. The van der Waals surface area contributed by atoms with E-state index in [0.717, 1.165) is 0 Å². The van der Waals surface area contributed by atoms with Crippen LogP contribution in [-0.4, -0.2) is 48.3 Å². The maximum Gasteiger partial charge on any atom is 0.253 e. The monoisotopic (exact) mass is 427 g/mol. The first-order chi connectivity index (χ1) is 14.9. The summed E-state index contributed by atoms with van der Waals surface area (Å²) in [6.45, 7) is 4.94. The van der Waals surface area contributed by atoms with Crippen molar-refractivity contribution in [3.8, 4) is 22.9 Å². The highest BCUT2D eigenvalue weighted by Gasteiger charge is 2.19. The number of hydrogen-bond donors (Lipinski definition) is 0. The number of ether oxygens (including phenoxy) is 2. The van der Waals surface area contributed by atoms with Crippen molar-refractivity contribution in [2.75, 3.05) is 27.3 Å². The van der Waals surface area contributed by atoms with Crippen LogP contribution in [0.2, 0.25) is 0 Å². The Morgan fingerprint density at radius 2 is 1.84 bits per heavy atom. The Morgan fingerprint density at radius 3 is 2.45 bits per heavy atom. The zero-order valence-electron chi connectivity index (χ0n) is 18.1. The summed E-state index contributed by atoms with van der Waals surface area (Å²) < 4.78 is 29.5. The molecule has 0 saturated heterocycles. The van der Waals surface area contributed by atoms with Gasteiger partial charge in [0.15, 0.2) is 0 Å². The number of carbonyl (C=O) groups excluding carboxylic acids is 1. The van der Waals surface area contributed by atoms with Crippen molar-refractivity contribution in [2.45, 2.75) is 20.3 Å². The summed E-state index contributed by atoms with van der Waals surface area (Å²) in [5.41, 5.74) is 1.01. The van der Waals surface area contributed by atoms with Crippen molar-refractivity contribution >= 4 is 5.91 Å². The third kappa shape index (κ3) is 5.81. The van der Waals surface area contributed by atoms with E-state index in [1.165, 1.54) is 18.2 Å². The molecule has 0 atom stereocenters. The molecule has 0 aliphatic carbocycles. The summed E-state index contributed by atoms with van der Waals surface area (Å²) in [7, 11) is 3.14. The zero-order valence-corrected chi connectivity index (χ0v) is 18.1. The maximum absolute atomic E-state index is 13.6. The second kappa shape index (κ2) is 10.1. The van der Waals surface area contributed by atoms with Crippen LogP contribution < -0.4 is 9.47 Å². The van der Waals surface area contributed by atoms with Crippen molar-refractivity contribution < 1.29 is 23.2 Å². The van der Waals surface area contributed by atoms with E-state index in [-0.39, 0.29) is 11.8 Å². The highest BCUT2D eigenvalue weighted by molar-refractivity contribution is 5.94. The van der Waals surface area contributed by atoms with Crippen molar-refractivity contribution in [1.82, 2.24) is 15.0 Å². The van der Waals surface area contributed by atoms with E-state index >= 15 is 0 Å². The summed E-state index contributed by atoms with van der Waals surface area (Å²) in [6, 6.07) is 11.0. The molecule has 1 amide bonds. The van der Waals surface area contributed by atoms with E-state index in [1.807, 2.05) is 13.8 Å². The molecule has 0 aliphatic rings. The van der Waals surface area contributed by atoms with E-state index in [0.29, 0.717) is 53.9 Å². The number of nitrogens with zero attached hydrogens (tertiary/aromatic N) is 3. The largest absolute Gasteiger partial charge is 0.497 e. The zero-order chi connectivity index (χ0) is 22.4. The number of halogens is 1. The first kappa shape index (κ1) is 22.3. The van der Waals surface area contributed by atoms with Gasteiger partial charge in [-0.05, 0) is 36.2 Å². The summed E-state index contributed by atoms with van der Waals surface area (Å²) in [6.07, 6.45) is 0.377.